The minimum absolute atomic E-state index is 0.192. The average Bonchev–Trinajstić information content (AvgIpc) is 3.04. The van der Waals surface area contributed by atoms with Crippen LogP contribution in [-0.2, 0) is 4.79 Å². The molecule has 0 radical (unpaired) electrons. The van der Waals surface area contributed by atoms with Crippen molar-refractivity contribution in [2.75, 3.05) is 17.7 Å². The molecule has 0 saturated heterocycles. The summed E-state index contributed by atoms with van der Waals surface area (Å²) in [5, 5.41) is 21.1. The van der Waals surface area contributed by atoms with Crippen molar-refractivity contribution < 1.29 is 9.53 Å². The number of rotatable bonds is 7. The molecule has 1 aliphatic carbocycles. The van der Waals surface area contributed by atoms with E-state index < -0.39 is 0 Å². The van der Waals surface area contributed by atoms with Gasteiger partial charge in [0.1, 0.15) is 0 Å². The topological polar surface area (TPSA) is 123 Å². The number of H-pyrrole nitrogens is 1. The number of nitrogens with one attached hydrogen (secondary N) is 2. The molecule has 0 atom stereocenters. The zero-order chi connectivity index (χ0) is 14.7. The first-order valence-electron chi connectivity index (χ1n) is 6.52. The van der Waals surface area contributed by atoms with Gasteiger partial charge in [0, 0.05) is 0 Å². The molecule has 21 heavy (non-hydrogen) atoms. The third-order valence-corrected chi connectivity index (χ3v) is 3.62. The maximum Gasteiger partial charge on any atom is 0.337 e. The number of aromatic nitrogens is 7. The molecular formula is C10H14N8O2S. The Hall–Kier alpha value is -2.17. The molecule has 1 aliphatic rings. The fourth-order valence-corrected chi connectivity index (χ4v) is 2.37. The van der Waals surface area contributed by atoms with Crippen LogP contribution in [-0.4, -0.2) is 53.7 Å². The summed E-state index contributed by atoms with van der Waals surface area (Å²) in [6.07, 6.45) is 2.17. The molecular weight excluding hydrogens is 296 g/mol. The van der Waals surface area contributed by atoms with E-state index in [1.54, 1.807) is 4.68 Å². The third-order valence-electron chi connectivity index (χ3n) is 2.68. The highest BCUT2D eigenvalue weighted by Crippen LogP contribution is 2.36. The Labute approximate surface area is 124 Å². The van der Waals surface area contributed by atoms with E-state index in [9.17, 15) is 4.79 Å². The van der Waals surface area contributed by atoms with E-state index in [1.807, 2.05) is 6.92 Å². The molecule has 3 rings (SSSR count). The van der Waals surface area contributed by atoms with Crippen molar-refractivity contribution in [2.45, 2.75) is 31.0 Å². The molecule has 1 fully saturated rings. The lowest BCUT2D eigenvalue weighted by Gasteiger charge is -2.02. The number of carbonyl (C=O) groups excluding carboxylic acids is 1. The van der Waals surface area contributed by atoms with E-state index >= 15 is 0 Å². The van der Waals surface area contributed by atoms with Crippen molar-refractivity contribution in [2.24, 2.45) is 0 Å². The summed E-state index contributed by atoms with van der Waals surface area (Å²) in [6.45, 7) is 2.29. The van der Waals surface area contributed by atoms with E-state index in [2.05, 4.69) is 36.0 Å². The first-order valence-corrected chi connectivity index (χ1v) is 7.50. The van der Waals surface area contributed by atoms with Crippen LogP contribution in [0.4, 0.5) is 5.95 Å². The molecule has 10 nitrogen and oxygen atoms in total. The van der Waals surface area contributed by atoms with Gasteiger partial charge in [0.2, 0.25) is 17.0 Å². The van der Waals surface area contributed by atoms with Gasteiger partial charge in [-0.2, -0.15) is 4.98 Å². The van der Waals surface area contributed by atoms with Crippen LogP contribution in [0.15, 0.2) is 5.16 Å². The number of tetrazole rings is 1. The van der Waals surface area contributed by atoms with Gasteiger partial charge in [-0.1, -0.05) is 11.8 Å². The highest BCUT2D eigenvalue weighted by Gasteiger charge is 2.28. The van der Waals surface area contributed by atoms with Crippen LogP contribution in [0, 0.1) is 0 Å². The molecule has 0 spiro atoms. The lowest BCUT2D eigenvalue weighted by molar-refractivity contribution is -0.113. The fourth-order valence-electron chi connectivity index (χ4n) is 1.62. The average molecular weight is 310 g/mol. The maximum atomic E-state index is 11.8. The molecule has 0 aliphatic heterocycles. The second-order valence-electron chi connectivity index (χ2n) is 4.37. The second kappa shape index (κ2) is 6.08. The van der Waals surface area contributed by atoms with Gasteiger partial charge in [0.05, 0.1) is 18.4 Å². The first-order chi connectivity index (χ1) is 10.3. The van der Waals surface area contributed by atoms with Gasteiger partial charge in [-0.25, -0.2) is 9.78 Å². The molecule has 0 aromatic carbocycles. The smallest absolute Gasteiger partial charge is 0.337 e. The van der Waals surface area contributed by atoms with E-state index in [-0.39, 0.29) is 23.6 Å². The van der Waals surface area contributed by atoms with Crippen molar-refractivity contribution >= 4 is 23.6 Å². The van der Waals surface area contributed by atoms with Gasteiger partial charge in [-0.15, -0.1) is 10.2 Å². The van der Waals surface area contributed by atoms with Gasteiger partial charge >= 0.3 is 6.01 Å². The molecule has 11 heteroatoms. The lowest BCUT2D eigenvalue weighted by atomic mass is 10.7. The van der Waals surface area contributed by atoms with E-state index in [0.717, 1.165) is 12.8 Å². The standard InChI is InChI=1S/C10H14N8O2S/c1-2-20-9-12-8(13-14-9)11-7(19)5-21-10-15-16-17-18(10)6-3-4-6/h6H,2-5H2,1H3,(H2,11,12,13,14,19). The van der Waals surface area contributed by atoms with Crippen LogP contribution in [0.25, 0.3) is 0 Å². The molecule has 1 saturated carbocycles. The Morgan fingerprint density at radius 2 is 2.43 bits per heavy atom. The van der Waals surface area contributed by atoms with Gasteiger partial charge in [0.25, 0.3) is 0 Å². The quantitative estimate of drug-likeness (QED) is 0.698. The highest BCUT2D eigenvalue weighted by molar-refractivity contribution is 7.99. The Morgan fingerprint density at radius 3 is 3.19 bits per heavy atom. The van der Waals surface area contributed by atoms with E-state index in [4.69, 9.17) is 4.74 Å². The third kappa shape index (κ3) is 3.48. The number of ether oxygens (including phenoxy) is 1. The number of aromatic amines is 1. The number of hydrogen-bond acceptors (Lipinski definition) is 8. The lowest BCUT2D eigenvalue weighted by Crippen LogP contribution is -2.15. The highest BCUT2D eigenvalue weighted by atomic mass is 32.2. The van der Waals surface area contributed by atoms with Crippen molar-refractivity contribution in [1.29, 1.82) is 0 Å². The van der Waals surface area contributed by atoms with Crippen molar-refractivity contribution in [1.82, 2.24) is 35.4 Å². The van der Waals surface area contributed by atoms with Crippen LogP contribution in [0.1, 0.15) is 25.8 Å². The number of amides is 1. The predicted octanol–water partition coefficient (Wildman–Crippen LogP) is 0.256. The Balaban J connectivity index is 1.50. The normalized spacial score (nSPS) is 14.1. The van der Waals surface area contributed by atoms with Gasteiger partial charge in [0.15, 0.2) is 0 Å². The van der Waals surface area contributed by atoms with E-state index in [0.29, 0.717) is 17.8 Å². The summed E-state index contributed by atoms with van der Waals surface area (Å²) in [5.41, 5.74) is 0. The predicted molar refractivity (Wildman–Crippen MR) is 73.0 cm³/mol. The monoisotopic (exact) mass is 310 g/mol. The van der Waals surface area contributed by atoms with Gasteiger partial charge < -0.3 is 4.74 Å². The summed E-state index contributed by atoms with van der Waals surface area (Å²) >= 11 is 1.29. The largest absolute Gasteiger partial charge is 0.463 e. The number of anilines is 1. The fraction of sp³-hybridized carbons (Fsp3) is 0.600. The molecule has 0 bridgehead atoms. The number of nitrogens with zero attached hydrogens (tertiary/aromatic N) is 6. The Morgan fingerprint density at radius 1 is 1.57 bits per heavy atom. The van der Waals surface area contributed by atoms with Crippen LogP contribution < -0.4 is 10.1 Å². The summed E-state index contributed by atoms with van der Waals surface area (Å²) in [7, 11) is 0. The maximum absolute atomic E-state index is 11.8. The number of hydrogen-bond donors (Lipinski definition) is 2. The second-order valence-corrected chi connectivity index (χ2v) is 5.32. The molecule has 2 aromatic heterocycles. The van der Waals surface area contributed by atoms with Crippen molar-refractivity contribution in [3.05, 3.63) is 0 Å². The van der Waals surface area contributed by atoms with Crippen LogP contribution >= 0.6 is 11.8 Å². The first kappa shape index (κ1) is 13.8. The van der Waals surface area contributed by atoms with Crippen LogP contribution in [0.3, 0.4) is 0 Å². The summed E-state index contributed by atoms with van der Waals surface area (Å²) in [6, 6.07) is 0.590. The minimum Gasteiger partial charge on any atom is -0.463 e. The molecule has 112 valence electrons. The SMILES string of the molecule is CCOc1n[nH]c(NC(=O)CSc2nnnn2C2CC2)n1. The zero-order valence-electron chi connectivity index (χ0n) is 11.3. The summed E-state index contributed by atoms with van der Waals surface area (Å²) in [4.78, 5) is 15.8. The van der Waals surface area contributed by atoms with E-state index in [1.165, 1.54) is 11.8 Å². The Bertz CT molecular complexity index is 622. The minimum atomic E-state index is -0.218. The molecule has 1 amide bonds. The Kier molecular flexibility index (Phi) is 3.99. The summed E-state index contributed by atoms with van der Waals surface area (Å²) in [5.74, 6) is 0.230. The van der Waals surface area contributed by atoms with Crippen LogP contribution in [0.2, 0.25) is 0 Å². The van der Waals surface area contributed by atoms with Crippen molar-refractivity contribution in [3.63, 3.8) is 0 Å². The molecule has 2 aromatic rings. The van der Waals surface area contributed by atoms with Gasteiger partial charge in [-0.05, 0) is 30.2 Å². The number of carbonyl (C=O) groups is 1. The molecule has 0 unspecified atom stereocenters. The zero-order valence-corrected chi connectivity index (χ0v) is 12.1. The molecule has 2 heterocycles. The van der Waals surface area contributed by atoms with Crippen molar-refractivity contribution in [3.8, 4) is 6.01 Å². The number of thioether (sulfide) groups is 1. The van der Waals surface area contributed by atoms with Crippen LogP contribution in [0.5, 0.6) is 6.01 Å². The van der Waals surface area contributed by atoms with Gasteiger partial charge in [-0.3, -0.25) is 10.1 Å². The summed E-state index contributed by atoms with van der Waals surface area (Å²) < 4.78 is 6.86. The molecule has 2 N–H and O–H groups in total.